The minimum atomic E-state index is 0.583. The molecule has 0 aliphatic rings. The normalized spacial score (nSPS) is 11.9. The van der Waals surface area contributed by atoms with Crippen molar-refractivity contribution in [3.63, 3.8) is 0 Å². The summed E-state index contributed by atoms with van der Waals surface area (Å²) in [6, 6.07) is 72.7. The summed E-state index contributed by atoms with van der Waals surface area (Å²) in [5, 5.41) is 11.6. The first-order chi connectivity index (χ1) is 30.7. The van der Waals surface area contributed by atoms with Gasteiger partial charge < -0.3 is 8.98 Å². The molecule has 5 nitrogen and oxygen atoms in total. The summed E-state index contributed by atoms with van der Waals surface area (Å²) in [6.07, 6.45) is 0. The molecule has 62 heavy (non-hydrogen) atoms. The van der Waals surface area contributed by atoms with Crippen LogP contribution in [-0.4, -0.2) is 19.5 Å². The smallest absolute Gasteiger partial charge is 0.164 e. The SMILES string of the molecule is c1ccc(-c2nc(-c3ccccc3-c3ccccc3)nc(-c3cccc4oc5ccc6ccc(-n7c8cc9ccccc9cc8c8c9ccccc9ccc87)cc6c5c34)n2)cc1. The molecule has 288 valence electrons. The number of furan rings is 1. The van der Waals surface area contributed by atoms with E-state index in [1.54, 1.807) is 0 Å². The van der Waals surface area contributed by atoms with E-state index in [9.17, 15) is 0 Å². The van der Waals surface area contributed by atoms with Crippen LogP contribution in [0.3, 0.4) is 0 Å². The van der Waals surface area contributed by atoms with Gasteiger partial charge in [0.15, 0.2) is 17.5 Å². The van der Waals surface area contributed by atoms with Crippen LogP contribution in [0.25, 0.3) is 127 Å². The molecule has 0 saturated heterocycles. The van der Waals surface area contributed by atoms with Gasteiger partial charge in [0, 0.05) is 43.9 Å². The van der Waals surface area contributed by atoms with E-state index in [0.717, 1.165) is 66.2 Å². The molecule has 13 aromatic rings. The molecule has 0 spiro atoms. The van der Waals surface area contributed by atoms with E-state index in [4.69, 9.17) is 19.4 Å². The topological polar surface area (TPSA) is 56.7 Å². The van der Waals surface area contributed by atoms with Crippen LogP contribution in [0.1, 0.15) is 0 Å². The van der Waals surface area contributed by atoms with Crippen molar-refractivity contribution in [3.05, 3.63) is 206 Å². The van der Waals surface area contributed by atoms with Crippen LogP contribution in [0.15, 0.2) is 211 Å². The Morgan fingerprint density at radius 3 is 1.74 bits per heavy atom. The van der Waals surface area contributed by atoms with Gasteiger partial charge in [0.25, 0.3) is 0 Å². The third-order valence-electron chi connectivity index (χ3n) is 12.4. The molecule has 0 unspecified atom stereocenters. The lowest BCUT2D eigenvalue weighted by atomic mass is 9.98. The minimum Gasteiger partial charge on any atom is -0.456 e. The second-order valence-corrected chi connectivity index (χ2v) is 15.9. The molecule has 0 radical (unpaired) electrons. The zero-order chi connectivity index (χ0) is 40.7. The van der Waals surface area contributed by atoms with Crippen LogP contribution in [-0.2, 0) is 0 Å². The predicted molar refractivity (Wildman–Crippen MR) is 256 cm³/mol. The second kappa shape index (κ2) is 13.6. The van der Waals surface area contributed by atoms with Crippen molar-refractivity contribution < 1.29 is 4.42 Å². The molecule has 5 heteroatoms. The van der Waals surface area contributed by atoms with Gasteiger partial charge in [-0.2, -0.15) is 0 Å². The third-order valence-corrected chi connectivity index (χ3v) is 12.4. The van der Waals surface area contributed by atoms with E-state index in [2.05, 4.69) is 168 Å². The molecule has 0 bridgehead atoms. The van der Waals surface area contributed by atoms with Crippen LogP contribution in [0.5, 0.6) is 0 Å². The third kappa shape index (κ3) is 5.32. The predicted octanol–water partition coefficient (Wildman–Crippen LogP) is 15.0. The molecule has 0 amide bonds. The number of hydrogen-bond acceptors (Lipinski definition) is 4. The molecule has 3 heterocycles. The van der Waals surface area contributed by atoms with Crippen molar-refractivity contribution in [2.75, 3.05) is 0 Å². The first kappa shape index (κ1) is 34.5. The number of aromatic nitrogens is 4. The van der Waals surface area contributed by atoms with E-state index in [1.165, 1.54) is 43.4 Å². The zero-order valence-electron chi connectivity index (χ0n) is 33.3. The highest BCUT2D eigenvalue weighted by atomic mass is 16.3. The highest BCUT2D eigenvalue weighted by molar-refractivity contribution is 6.25. The van der Waals surface area contributed by atoms with Crippen molar-refractivity contribution in [1.82, 2.24) is 19.5 Å². The Morgan fingerprint density at radius 2 is 0.919 bits per heavy atom. The van der Waals surface area contributed by atoms with Crippen LogP contribution in [0.2, 0.25) is 0 Å². The van der Waals surface area contributed by atoms with E-state index in [1.807, 2.05) is 42.5 Å². The largest absolute Gasteiger partial charge is 0.456 e. The average molecular weight is 791 g/mol. The van der Waals surface area contributed by atoms with Crippen molar-refractivity contribution in [3.8, 4) is 51.0 Å². The highest BCUT2D eigenvalue weighted by Gasteiger charge is 2.22. The van der Waals surface area contributed by atoms with Gasteiger partial charge in [-0.1, -0.05) is 164 Å². The highest BCUT2D eigenvalue weighted by Crippen LogP contribution is 2.43. The van der Waals surface area contributed by atoms with Gasteiger partial charge in [0.05, 0.1) is 11.0 Å². The van der Waals surface area contributed by atoms with E-state index < -0.39 is 0 Å². The van der Waals surface area contributed by atoms with Crippen LogP contribution in [0, 0.1) is 0 Å². The molecule has 0 saturated carbocycles. The molecule has 0 N–H and O–H groups in total. The number of rotatable bonds is 5. The maximum atomic E-state index is 6.72. The van der Waals surface area contributed by atoms with Gasteiger partial charge in [-0.3, -0.25) is 0 Å². The van der Waals surface area contributed by atoms with Gasteiger partial charge >= 0.3 is 0 Å². The minimum absolute atomic E-state index is 0.583. The maximum Gasteiger partial charge on any atom is 0.164 e. The van der Waals surface area contributed by atoms with Crippen LogP contribution in [0.4, 0.5) is 0 Å². The number of benzene rings is 10. The summed E-state index contributed by atoms with van der Waals surface area (Å²) in [4.78, 5) is 15.7. The summed E-state index contributed by atoms with van der Waals surface area (Å²) in [7, 11) is 0. The van der Waals surface area contributed by atoms with Crippen molar-refractivity contribution in [1.29, 1.82) is 0 Å². The number of nitrogens with zero attached hydrogens (tertiary/aromatic N) is 4. The first-order valence-corrected chi connectivity index (χ1v) is 20.9. The van der Waals surface area contributed by atoms with Gasteiger partial charge in [-0.25, -0.2) is 15.0 Å². The number of hydrogen-bond donors (Lipinski definition) is 0. The molecule has 0 aliphatic carbocycles. The standard InChI is InChI=1S/C57H34N4O/c1-3-14-35(15-4-1)42-21-11-12-23-44(42)56-58-55(38-17-5-2-6-18-38)59-57(60-56)45-24-13-25-50-53(45)54-46-34-41(29-26-37(46)28-31-51(54)62-50)61-48-30-27-36-16-9-10-22-43(36)52(48)47-32-39-19-7-8-20-40(39)33-49(47)61/h1-34H. The molecule has 0 aliphatic heterocycles. The second-order valence-electron chi connectivity index (χ2n) is 15.9. The molecule has 10 aromatic carbocycles. The summed E-state index contributed by atoms with van der Waals surface area (Å²) in [5.41, 5.74) is 9.89. The Hall–Kier alpha value is -8.41. The first-order valence-electron chi connectivity index (χ1n) is 20.9. The quantitative estimate of drug-likeness (QED) is 0.174. The lowest BCUT2D eigenvalue weighted by Gasteiger charge is -2.13. The van der Waals surface area contributed by atoms with Crippen LogP contribution < -0.4 is 0 Å². The Morgan fingerprint density at radius 1 is 0.323 bits per heavy atom. The lowest BCUT2D eigenvalue weighted by molar-refractivity contribution is 0.669. The summed E-state index contributed by atoms with van der Waals surface area (Å²) < 4.78 is 9.15. The van der Waals surface area contributed by atoms with Crippen molar-refractivity contribution in [2.24, 2.45) is 0 Å². The Bertz CT molecular complexity index is 3920. The molecule has 3 aromatic heterocycles. The van der Waals surface area contributed by atoms with Gasteiger partial charge in [0.1, 0.15) is 11.2 Å². The summed E-state index contributed by atoms with van der Waals surface area (Å²) >= 11 is 0. The Balaban J connectivity index is 1.08. The summed E-state index contributed by atoms with van der Waals surface area (Å²) in [6.45, 7) is 0. The van der Waals surface area contributed by atoms with Gasteiger partial charge in [0.2, 0.25) is 0 Å². The maximum absolute atomic E-state index is 6.72. The molecular weight excluding hydrogens is 757 g/mol. The monoisotopic (exact) mass is 790 g/mol. The van der Waals surface area contributed by atoms with Crippen molar-refractivity contribution in [2.45, 2.75) is 0 Å². The summed E-state index contributed by atoms with van der Waals surface area (Å²) in [5.74, 6) is 1.80. The van der Waals surface area contributed by atoms with Gasteiger partial charge in [-0.05, 0) is 85.9 Å². The van der Waals surface area contributed by atoms with Gasteiger partial charge in [-0.15, -0.1) is 0 Å². The Labute approximate surface area is 355 Å². The molecule has 0 atom stereocenters. The fraction of sp³-hybridized carbons (Fsp3) is 0. The van der Waals surface area contributed by atoms with E-state index >= 15 is 0 Å². The molecule has 13 rings (SSSR count). The molecular formula is C57H34N4O. The average Bonchev–Trinajstić information content (AvgIpc) is 3.89. The zero-order valence-corrected chi connectivity index (χ0v) is 33.3. The fourth-order valence-electron chi connectivity index (χ4n) is 9.58. The Kier molecular flexibility index (Phi) is 7.54. The fourth-order valence-corrected chi connectivity index (χ4v) is 9.58. The number of fused-ring (bicyclic) bond motifs is 11. The van der Waals surface area contributed by atoms with E-state index in [-0.39, 0.29) is 0 Å². The van der Waals surface area contributed by atoms with Crippen LogP contribution >= 0.6 is 0 Å². The van der Waals surface area contributed by atoms with Crippen molar-refractivity contribution >= 4 is 76.1 Å². The lowest BCUT2D eigenvalue weighted by Crippen LogP contribution is -2.01. The molecule has 0 fully saturated rings. The van der Waals surface area contributed by atoms with E-state index in [0.29, 0.717) is 17.5 Å².